The molecule has 8 heteroatoms. The van der Waals surface area contributed by atoms with Crippen LogP contribution in [0.1, 0.15) is 52.6 Å². The lowest BCUT2D eigenvalue weighted by atomic mass is 10.1. The number of hydrogen-bond donors (Lipinski definition) is 0. The highest BCUT2D eigenvalue weighted by molar-refractivity contribution is 5.98. The van der Waals surface area contributed by atoms with Crippen LogP contribution in [-0.2, 0) is 11.3 Å². The van der Waals surface area contributed by atoms with Crippen molar-refractivity contribution in [2.45, 2.75) is 13.5 Å². The van der Waals surface area contributed by atoms with Gasteiger partial charge in [0.2, 0.25) is 5.75 Å². The largest absolute Gasteiger partial charge is 0.457 e. The minimum absolute atomic E-state index is 0.0396. The van der Waals surface area contributed by atoms with Gasteiger partial charge in [-0.15, -0.1) is 0 Å². The van der Waals surface area contributed by atoms with E-state index in [2.05, 4.69) is 0 Å². The second kappa shape index (κ2) is 13.8. The molecule has 0 saturated carbocycles. The van der Waals surface area contributed by atoms with E-state index in [0.717, 1.165) is 5.56 Å². The van der Waals surface area contributed by atoms with Crippen LogP contribution in [0.4, 0.5) is 0 Å². The Balaban J connectivity index is 1.61. The molecule has 0 amide bonds. The second-order valence-corrected chi connectivity index (χ2v) is 9.53. The molecule has 0 unspecified atom stereocenters. The molecule has 0 heterocycles. The Morgan fingerprint density at radius 1 is 0.500 bits per heavy atom. The van der Waals surface area contributed by atoms with Gasteiger partial charge < -0.3 is 18.9 Å². The number of esters is 4. The van der Waals surface area contributed by atoms with Crippen LogP contribution >= 0.6 is 0 Å². The van der Waals surface area contributed by atoms with Gasteiger partial charge in [-0.2, -0.15) is 0 Å². The lowest BCUT2D eigenvalue weighted by Crippen LogP contribution is -2.18. The lowest BCUT2D eigenvalue weighted by molar-refractivity contribution is 0.0467. The molecular formula is C36H26O8. The first-order valence-corrected chi connectivity index (χ1v) is 13.6. The fraction of sp³-hybridized carbons (Fsp3) is 0.0556. The Kier molecular flexibility index (Phi) is 9.22. The molecule has 0 radical (unpaired) electrons. The third-order valence-electron chi connectivity index (χ3n) is 6.50. The summed E-state index contributed by atoms with van der Waals surface area (Å²) < 4.78 is 22.7. The molecule has 0 spiro atoms. The maximum absolute atomic E-state index is 13.4. The third kappa shape index (κ3) is 7.06. The van der Waals surface area contributed by atoms with Crippen LogP contribution in [0.2, 0.25) is 0 Å². The lowest BCUT2D eigenvalue weighted by Gasteiger charge is -2.19. The fourth-order valence-corrected chi connectivity index (χ4v) is 4.20. The van der Waals surface area contributed by atoms with Crippen molar-refractivity contribution in [1.82, 2.24) is 0 Å². The van der Waals surface area contributed by atoms with Crippen molar-refractivity contribution in [2.75, 3.05) is 0 Å². The van der Waals surface area contributed by atoms with Crippen LogP contribution in [0.15, 0.2) is 127 Å². The minimum Gasteiger partial charge on any atom is -0.457 e. The van der Waals surface area contributed by atoms with Gasteiger partial charge in [0, 0.05) is 5.56 Å². The van der Waals surface area contributed by atoms with Gasteiger partial charge in [-0.25, -0.2) is 19.2 Å². The van der Waals surface area contributed by atoms with Gasteiger partial charge in [-0.05, 0) is 55.0 Å². The number of carbonyl (C=O) groups excluding carboxylic acids is 4. The van der Waals surface area contributed by atoms with E-state index in [0.29, 0.717) is 0 Å². The highest BCUT2D eigenvalue weighted by atomic mass is 16.6. The highest BCUT2D eigenvalue weighted by Gasteiger charge is 2.29. The summed E-state index contributed by atoms with van der Waals surface area (Å²) in [7, 11) is 0. The maximum Gasteiger partial charge on any atom is 0.343 e. The monoisotopic (exact) mass is 586 g/mol. The topological polar surface area (TPSA) is 105 Å². The zero-order valence-corrected chi connectivity index (χ0v) is 23.6. The molecule has 0 bridgehead atoms. The van der Waals surface area contributed by atoms with Crippen LogP contribution in [0.25, 0.3) is 0 Å². The SMILES string of the molecule is Cc1c(C(=O)OCc2ccccc2)cc(OC(=O)c2ccccc2)c(OC(=O)c2ccccc2)c1OC(=O)c1ccccc1. The summed E-state index contributed by atoms with van der Waals surface area (Å²) in [6.45, 7) is 1.47. The average molecular weight is 587 g/mol. The van der Waals surface area contributed by atoms with E-state index in [1.165, 1.54) is 37.3 Å². The quantitative estimate of drug-likeness (QED) is 0.134. The Hall–Kier alpha value is -6.02. The number of rotatable bonds is 9. The van der Waals surface area contributed by atoms with Crippen molar-refractivity contribution in [3.8, 4) is 17.2 Å². The normalized spacial score (nSPS) is 10.4. The number of carbonyl (C=O) groups is 4. The molecule has 5 aromatic carbocycles. The predicted octanol–water partition coefficient (Wildman–Crippen LogP) is 7.01. The van der Waals surface area contributed by atoms with E-state index < -0.39 is 23.9 Å². The Morgan fingerprint density at radius 3 is 1.39 bits per heavy atom. The van der Waals surface area contributed by atoms with Crippen LogP contribution in [0, 0.1) is 6.92 Å². The summed E-state index contributed by atoms with van der Waals surface area (Å²) in [6.07, 6.45) is 0. The fourth-order valence-electron chi connectivity index (χ4n) is 4.20. The minimum atomic E-state index is -0.807. The van der Waals surface area contributed by atoms with Crippen molar-refractivity contribution in [2.24, 2.45) is 0 Å². The van der Waals surface area contributed by atoms with E-state index in [-0.39, 0.29) is 51.7 Å². The van der Waals surface area contributed by atoms with Crippen molar-refractivity contribution in [1.29, 1.82) is 0 Å². The van der Waals surface area contributed by atoms with E-state index in [1.54, 1.807) is 78.9 Å². The predicted molar refractivity (Wildman–Crippen MR) is 161 cm³/mol. The summed E-state index contributed by atoms with van der Waals surface area (Å²) >= 11 is 0. The molecule has 0 aliphatic rings. The molecule has 218 valence electrons. The first-order chi connectivity index (χ1) is 21.4. The average Bonchev–Trinajstić information content (AvgIpc) is 3.07. The number of benzene rings is 5. The van der Waals surface area contributed by atoms with E-state index >= 15 is 0 Å². The molecule has 0 fully saturated rings. The smallest absolute Gasteiger partial charge is 0.343 e. The molecular weight excluding hydrogens is 560 g/mol. The summed E-state index contributed by atoms with van der Waals surface area (Å²) in [5, 5.41) is 0. The molecule has 0 atom stereocenters. The van der Waals surface area contributed by atoms with Gasteiger partial charge >= 0.3 is 23.9 Å². The summed E-state index contributed by atoms with van der Waals surface area (Å²) in [5.74, 6) is -4.13. The number of ether oxygens (including phenoxy) is 4. The van der Waals surface area contributed by atoms with Crippen molar-refractivity contribution in [3.05, 3.63) is 161 Å². The van der Waals surface area contributed by atoms with E-state index in [1.807, 2.05) is 18.2 Å². The summed E-state index contributed by atoms with van der Waals surface area (Å²) in [4.78, 5) is 53.0. The van der Waals surface area contributed by atoms with Crippen molar-refractivity contribution < 1.29 is 38.1 Å². The molecule has 5 aromatic rings. The van der Waals surface area contributed by atoms with Gasteiger partial charge in [0.1, 0.15) is 6.61 Å². The Labute approximate surface area is 253 Å². The molecule has 44 heavy (non-hydrogen) atoms. The first kappa shape index (κ1) is 29.5. The molecule has 0 saturated heterocycles. The van der Waals surface area contributed by atoms with Gasteiger partial charge in [-0.1, -0.05) is 84.9 Å². The van der Waals surface area contributed by atoms with Crippen molar-refractivity contribution in [3.63, 3.8) is 0 Å². The van der Waals surface area contributed by atoms with Crippen LogP contribution in [0.3, 0.4) is 0 Å². The molecule has 0 aliphatic heterocycles. The van der Waals surface area contributed by atoms with Crippen LogP contribution in [-0.4, -0.2) is 23.9 Å². The zero-order valence-electron chi connectivity index (χ0n) is 23.6. The maximum atomic E-state index is 13.4. The van der Waals surface area contributed by atoms with Gasteiger partial charge in [0.25, 0.3) is 0 Å². The Morgan fingerprint density at radius 2 is 0.909 bits per heavy atom. The molecule has 5 rings (SSSR count). The zero-order chi connectivity index (χ0) is 30.9. The highest BCUT2D eigenvalue weighted by Crippen LogP contribution is 2.44. The van der Waals surface area contributed by atoms with Gasteiger partial charge in [0.15, 0.2) is 11.5 Å². The third-order valence-corrected chi connectivity index (χ3v) is 6.50. The molecule has 0 aromatic heterocycles. The van der Waals surface area contributed by atoms with Gasteiger partial charge in [-0.3, -0.25) is 0 Å². The van der Waals surface area contributed by atoms with Crippen LogP contribution < -0.4 is 14.2 Å². The molecule has 8 nitrogen and oxygen atoms in total. The number of hydrogen-bond acceptors (Lipinski definition) is 8. The first-order valence-electron chi connectivity index (χ1n) is 13.6. The molecule has 0 aliphatic carbocycles. The second-order valence-electron chi connectivity index (χ2n) is 9.53. The molecule has 0 N–H and O–H groups in total. The van der Waals surface area contributed by atoms with Crippen LogP contribution in [0.5, 0.6) is 17.2 Å². The summed E-state index contributed by atoms with van der Waals surface area (Å²) in [5.41, 5.74) is 1.40. The standard InChI is InChI=1S/C36H26O8/c1-24-29(36(40)41-23-25-14-6-2-7-15-25)22-30(42-33(37)26-16-8-3-9-17-26)32(44-35(39)28-20-12-5-13-21-28)31(24)43-34(38)27-18-10-4-11-19-27/h2-22H,23H2,1H3. The van der Waals surface area contributed by atoms with Crippen molar-refractivity contribution >= 4 is 23.9 Å². The Bertz CT molecular complexity index is 1780. The van der Waals surface area contributed by atoms with E-state index in [4.69, 9.17) is 18.9 Å². The summed E-state index contributed by atoms with van der Waals surface area (Å²) in [6, 6.07) is 34.7. The van der Waals surface area contributed by atoms with Gasteiger partial charge in [0.05, 0.1) is 22.3 Å². The van der Waals surface area contributed by atoms with E-state index in [9.17, 15) is 19.2 Å².